The van der Waals surface area contributed by atoms with Crippen molar-refractivity contribution in [1.82, 2.24) is 20.2 Å². The Balaban J connectivity index is 2.00. The third kappa shape index (κ3) is 2.91. The number of anilines is 1. The Labute approximate surface area is 101 Å². The highest BCUT2D eigenvalue weighted by molar-refractivity contribution is 6.32. The predicted octanol–water partition coefficient (Wildman–Crippen LogP) is 0.671. The van der Waals surface area contributed by atoms with Gasteiger partial charge in [0.1, 0.15) is 18.6 Å². The van der Waals surface area contributed by atoms with E-state index in [1.165, 1.54) is 23.1 Å². The van der Waals surface area contributed by atoms with Gasteiger partial charge in [0.2, 0.25) is 5.91 Å². The summed E-state index contributed by atoms with van der Waals surface area (Å²) in [7, 11) is 0. The maximum Gasteiger partial charge on any atom is 0.246 e. The van der Waals surface area contributed by atoms with E-state index in [2.05, 4.69) is 20.8 Å². The van der Waals surface area contributed by atoms with Crippen molar-refractivity contribution in [3.63, 3.8) is 0 Å². The zero-order valence-electron chi connectivity index (χ0n) is 8.54. The van der Waals surface area contributed by atoms with E-state index in [9.17, 15) is 9.90 Å². The second-order valence-electron chi connectivity index (χ2n) is 3.22. The Hall–Kier alpha value is -2.15. The quantitative estimate of drug-likeness (QED) is 0.785. The maximum absolute atomic E-state index is 11.5. The fourth-order valence-electron chi connectivity index (χ4n) is 1.19. The highest BCUT2D eigenvalue weighted by Gasteiger charge is 2.06. The molecule has 0 radical (unpaired) electrons. The third-order valence-corrected chi connectivity index (χ3v) is 2.23. The summed E-state index contributed by atoms with van der Waals surface area (Å²) in [6.07, 6.45) is 1.34. The van der Waals surface area contributed by atoms with Gasteiger partial charge in [0, 0.05) is 5.69 Å². The van der Waals surface area contributed by atoms with E-state index in [-0.39, 0.29) is 23.2 Å². The van der Waals surface area contributed by atoms with Crippen LogP contribution in [0.4, 0.5) is 5.69 Å². The summed E-state index contributed by atoms with van der Waals surface area (Å²) >= 11 is 5.70. The molecule has 0 atom stereocenters. The largest absolute Gasteiger partial charge is 0.506 e. The number of rotatable bonds is 3. The van der Waals surface area contributed by atoms with E-state index < -0.39 is 0 Å². The van der Waals surface area contributed by atoms with Gasteiger partial charge in [-0.3, -0.25) is 4.79 Å². The fourth-order valence-corrected chi connectivity index (χ4v) is 1.37. The van der Waals surface area contributed by atoms with Crippen molar-refractivity contribution in [1.29, 1.82) is 0 Å². The molecule has 1 aromatic carbocycles. The molecule has 0 saturated heterocycles. The number of phenols is 1. The minimum atomic E-state index is -0.293. The molecule has 2 rings (SSSR count). The summed E-state index contributed by atoms with van der Waals surface area (Å²) < 4.78 is 1.29. The van der Waals surface area contributed by atoms with Gasteiger partial charge in [-0.05, 0) is 28.6 Å². The number of benzene rings is 1. The van der Waals surface area contributed by atoms with E-state index >= 15 is 0 Å². The SMILES string of the molecule is O=C(Cn1cnnn1)Nc1ccc(O)c(Cl)c1. The zero-order chi connectivity index (χ0) is 12.3. The average Bonchev–Trinajstić information content (AvgIpc) is 2.76. The number of hydrogen-bond donors (Lipinski definition) is 2. The van der Waals surface area contributed by atoms with Crippen LogP contribution in [0.1, 0.15) is 0 Å². The molecule has 0 spiro atoms. The molecule has 0 aliphatic carbocycles. The van der Waals surface area contributed by atoms with Crippen LogP contribution >= 0.6 is 11.6 Å². The number of nitrogens with one attached hydrogen (secondary N) is 1. The molecule has 0 fully saturated rings. The Morgan fingerprint density at radius 2 is 2.35 bits per heavy atom. The topological polar surface area (TPSA) is 92.9 Å². The normalized spacial score (nSPS) is 10.2. The molecule has 0 bridgehead atoms. The molecule has 0 aliphatic rings. The molecular weight excluding hydrogens is 246 g/mol. The van der Waals surface area contributed by atoms with Gasteiger partial charge < -0.3 is 10.4 Å². The number of phenolic OH excluding ortho intramolecular Hbond substituents is 1. The lowest BCUT2D eigenvalue weighted by molar-refractivity contribution is -0.116. The van der Waals surface area contributed by atoms with Crippen molar-refractivity contribution in [2.45, 2.75) is 6.54 Å². The maximum atomic E-state index is 11.5. The van der Waals surface area contributed by atoms with Crippen molar-refractivity contribution in [3.05, 3.63) is 29.5 Å². The molecule has 7 nitrogen and oxygen atoms in total. The van der Waals surface area contributed by atoms with Crippen molar-refractivity contribution in [2.24, 2.45) is 0 Å². The molecule has 1 amide bonds. The Morgan fingerprint density at radius 1 is 1.53 bits per heavy atom. The first kappa shape index (κ1) is 11.3. The molecule has 17 heavy (non-hydrogen) atoms. The first-order chi connectivity index (χ1) is 8.15. The van der Waals surface area contributed by atoms with Crippen LogP contribution in [0.25, 0.3) is 0 Å². The minimum absolute atomic E-state index is 0.00545. The van der Waals surface area contributed by atoms with Crippen LogP contribution in [0, 0.1) is 0 Å². The fraction of sp³-hybridized carbons (Fsp3) is 0.111. The Kier molecular flexibility index (Phi) is 3.20. The van der Waals surface area contributed by atoms with Crippen molar-refractivity contribution in [2.75, 3.05) is 5.32 Å². The Bertz CT molecular complexity index is 528. The number of carbonyl (C=O) groups is 1. The smallest absolute Gasteiger partial charge is 0.246 e. The monoisotopic (exact) mass is 253 g/mol. The number of aromatic nitrogens is 4. The molecule has 2 aromatic rings. The zero-order valence-corrected chi connectivity index (χ0v) is 9.29. The van der Waals surface area contributed by atoms with Crippen LogP contribution in [-0.2, 0) is 11.3 Å². The van der Waals surface area contributed by atoms with Crippen LogP contribution in [-0.4, -0.2) is 31.2 Å². The minimum Gasteiger partial charge on any atom is -0.506 e. The van der Waals surface area contributed by atoms with Gasteiger partial charge in [-0.15, -0.1) is 5.10 Å². The molecular formula is C9H8ClN5O2. The third-order valence-electron chi connectivity index (χ3n) is 1.93. The van der Waals surface area contributed by atoms with Crippen LogP contribution < -0.4 is 5.32 Å². The lowest BCUT2D eigenvalue weighted by Gasteiger charge is -2.05. The molecule has 8 heteroatoms. The van der Waals surface area contributed by atoms with Crippen LogP contribution in [0.5, 0.6) is 5.75 Å². The van der Waals surface area contributed by atoms with Crippen LogP contribution in [0.2, 0.25) is 5.02 Å². The summed E-state index contributed by atoms with van der Waals surface area (Å²) in [4.78, 5) is 11.5. The number of halogens is 1. The molecule has 1 heterocycles. The number of amides is 1. The summed E-state index contributed by atoms with van der Waals surface area (Å²) in [6, 6.07) is 4.39. The first-order valence-corrected chi connectivity index (χ1v) is 5.02. The van der Waals surface area contributed by atoms with Gasteiger partial charge in [-0.25, -0.2) is 4.68 Å². The predicted molar refractivity (Wildman–Crippen MR) is 59.6 cm³/mol. The second-order valence-corrected chi connectivity index (χ2v) is 3.63. The molecule has 88 valence electrons. The van der Waals surface area contributed by atoms with Gasteiger partial charge in [-0.2, -0.15) is 0 Å². The molecule has 0 aliphatic heterocycles. The van der Waals surface area contributed by atoms with E-state index in [1.807, 2.05) is 0 Å². The summed E-state index contributed by atoms with van der Waals surface area (Å²) in [5.41, 5.74) is 0.492. The van der Waals surface area contributed by atoms with Crippen LogP contribution in [0.3, 0.4) is 0 Å². The van der Waals surface area contributed by atoms with E-state index in [0.29, 0.717) is 5.69 Å². The van der Waals surface area contributed by atoms with Gasteiger partial charge in [0.05, 0.1) is 5.02 Å². The number of hydrogen-bond acceptors (Lipinski definition) is 5. The van der Waals surface area contributed by atoms with E-state index in [1.54, 1.807) is 6.07 Å². The number of aromatic hydroxyl groups is 1. The van der Waals surface area contributed by atoms with Gasteiger partial charge in [0.25, 0.3) is 0 Å². The summed E-state index contributed by atoms with van der Waals surface area (Å²) in [6.45, 7) is 0.00545. The lowest BCUT2D eigenvalue weighted by atomic mass is 10.3. The number of nitrogens with zero attached hydrogens (tertiary/aromatic N) is 4. The van der Waals surface area contributed by atoms with Gasteiger partial charge >= 0.3 is 0 Å². The Morgan fingerprint density at radius 3 is 3.00 bits per heavy atom. The van der Waals surface area contributed by atoms with E-state index in [0.717, 1.165) is 0 Å². The molecule has 0 saturated carbocycles. The first-order valence-electron chi connectivity index (χ1n) is 4.64. The van der Waals surface area contributed by atoms with Crippen molar-refractivity contribution >= 4 is 23.2 Å². The highest BCUT2D eigenvalue weighted by atomic mass is 35.5. The second kappa shape index (κ2) is 4.79. The highest BCUT2D eigenvalue weighted by Crippen LogP contribution is 2.25. The average molecular weight is 254 g/mol. The van der Waals surface area contributed by atoms with Crippen molar-refractivity contribution < 1.29 is 9.90 Å². The number of carbonyl (C=O) groups excluding carboxylic acids is 1. The standard InChI is InChI=1S/C9H8ClN5O2/c10-7-3-6(1-2-8(7)16)12-9(17)4-15-5-11-13-14-15/h1-3,5,16H,4H2,(H,12,17). The summed E-state index contributed by atoms with van der Waals surface area (Å²) in [5, 5.41) is 22.3. The van der Waals surface area contributed by atoms with E-state index in [4.69, 9.17) is 11.6 Å². The molecule has 2 N–H and O–H groups in total. The van der Waals surface area contributed by atoms with Gasteiger partial charge in [-0.1, -0.05) is 11.6 Å². The number of tetrazole rings is 1. The summed E-state index contributed by atoms with van der Waals surface area (Å²) in [5.74, 6) is -0.329. The molecule has 1 aromatic heterocycles. The van der Waals surface area contributed by atoms with Crippen LogP contribution in [0.15, 0.2) is 24.5 Å². The lowest BCUT2D eigenvalue weighted by Crippen LogP contribution is -2.19. The molecule has 0 unspecified atom stereocenters. The van der Waals surface area contributed by atoms with Gasteiger partial charge in [0.15, 0.2) is 0 Å². The van der Waals surface area contributed by atoms with Crippen molar-refractivity contribution in [3.8, 4) is 5.75 Å².